The SMILES string of the molecule is O=C1NN(c2ccccc2)C(=O)C1N=NC1C(=O)C=C(S(=O)(=O)[O-])c2ccccc21. The molecule has 1 saturated heterocycles. The second kappa shape index (κ2) is 7.28. The number of carbonyl (C=O) groups excluding carboxylic acids is 3. The number of nitrogens with one attached hydrogen (secondary N) is 1. The molecule has 4 rings (SSSR count). The van der Waals surface area contributed by atoms with Crippen molar-refractivity contribution in [2.45, 2.75) is 12.1 Å². The number of amides is 2. The van der Waals surface area contributed by atoms with E-state index in [2.05, 4.69) is 15.7 Å². The predicted molar refractivity (Wildman–Crippen MR) is 103 cm³/mol. The monoisotopic (exact) mass is 425 g/mol. The fourth-order valence-electron chi connectivity index (χ4n) is 3.19. The van der Waals surface area contributed by atoms with Crippen LogP contribution in [-0.2, 0) is 24.5 Å². The zero-order chi connectivity index (χ0) is 21.5. The van der Waals surface area contributed by atoms with Crippen LogP contribution in [-0.4, -0.2) is 36.6 Å². The highest BCUT2D eigenvalue weighted by molar-refractivity contribution is 7.95. The van der Waals surface area contributed by atoms with Crippen LogP contribution in [0.2, 0.25) is 0 Å². The van der Waals surface area contributed by atoms with E-state index in [0.29, 0.717) is 11.8 Å². The van der Waals surface area contributed by atoms with Gasteiger partial charge in [-0.1, -0.05) is 42.5 Å². The van der Waals surface area contributed by atoms with Crippen LogP contribution in [0.3, 0.4) is 0 Å². The van der Waals surface area contributed by atoms with E-state index in [0.717, 1.165) is 5.01 Å². The maximum Gasteiger partial charge on any atom is 0.282 e. The molecule has 1 fully saturated rings. The molecule has 2 aromatic carbocycles. The number of hydrazine groups is 1. The summed E-state index contributed by atoms with van der Waals surface area (Å²) in [5.74, 6) is -2.19. The molecule has 1 N–H and O–H groups in total. The Kier molecular flexibility index (Phi) is 4.76. The van der Waals surface area contributed by atoms with Gasteiger partial charge in [0.15, 0.2) is 11.8 Å². The van der Waals surface area contributed by atoms with Crippen LogP contribution in [0.15, 0.2) is 70.9 Å². The van der Waals surface area contributed by atoms with E-state index in [9.17, 15) is 27.4 Å². The summed E-state index contributed by atoms with van der Waals surface area (Å²) in [4.78, 5) is 36.6. The molecule has 0 radical (unpaired) electrons. The van der Waals surface area contributed by atoms with Crippen LogP contribution in [0, 0.1) is 0 Å². The Hall–Kier alpha value is -3.70. The van der Waals surface area contributed by atoms with Crippen LogP contribution in [0.1, 0.15) is 17.2 Å². The molecule has 1 heterocycles. The highest BCUT2D eigenvalue weighted by Gasteiger charge is 2.41. The van der Waals surface area contributed by atoms with Crippen LogP contribution in [0.4, 0.5) is 5.69 Å². The van der Waals surface area contributed by atoms with Gasteiger partial charge in [-0.25, -0.2) is 13.4 Å². The number of rotatable bonds is 4. The third kappa shape index (κ3) is 3.40. The minimum Gasteiger partial charge on any atom is -0.744 e. The number of anilines is 1. The van der Waals surface area contributed by atoms with E-state index < -0.39 is 44.7 Å². The molecular weight excluding hydrogens is 412 g/mol. The number of carbonyl (C=O) groups is 3. The number of para-hydroxylation sites is 1. The normalized spacial score (nSPS) is 21.6. The lowest BCUT2D eigenvalue weighted by Gasteiger charge is -2.22. The first kappa shape index (κ1) is 19.6. The summed E-state index contributed by atoms with van der Waals surface area (Å²) in [6.07, 6.45) is 0.696. The lowest BCUT2D eigenvalue weighted by atomic mass is 9.92. The molecule has 2 aromatic rings. The Balaban J connectivity index is 1.65. The van der Waals surface area contributed by atoms with Crippen molar-refractivity contribution < 1.29 is 27.4 Å². The molecule has 10 nitrogen and oxygen atoms in total. The van der Waals surface area contributed by atoms with E-state index >= 15 is 0 Å². The molecule has 0 spiro atoms. The Morgan fingerprint density at radius 3 is 2.23 bits per heavy atom. The molecule has 11 heteroatoms. The highest BCUT2D eigenvalue weighted by Crippen LogP contribution is 2.36. The molecule has 1 aliphatic carbocycles. The highest BCUT2D eigenvalue weighted by atomic mass is 32.2. The van der Waals surface area contributed by atoms with Gasteiger partial charge in [-0.3, -0.25) is 19.8 Å². The van der Waals surface area contributed by atoms with E-state index in [1.54, 1.807) is 36.4 Å². The van der Waals surface area contributed by atoms with Crippen LogP contribution in [0.5, 0.6) is 0 Å². The van der Waals surface area contributed by atoms with Gasteiger partial charge in [0.2, 0.25) is 6.04 Å². The van der Waals surface area contributed by atoms with E-state index in [1.807, 2.05) is 0 Å². The fraction of sp³-hybridized carbons (Fsp3) is 0.105. The smallest absolute Gasteiger partial charge is 0.282 e. The zero-order valence-electron chi connectivity index (χ0n) is 15.1. The molecule has 0 saturated carbocycles. The lowest BCUT2D eigenvalue weighted by Crippen LogP contribution is -2.35. The van der Waals surface area contributed by atoms with Crippen molar-refractivity contribution in [1.82, 2.24) is 5.43 Å². The Bertz CT molecular complexity index is 1220. The molecule has 30 heavy (non-hydrogen) atoms. The number of fused-ring (bicyclic) bond motifs is 1. The summed E-state index contributed by atoms with van der Waals surface area (Å²) < 4.78 is 34.5. The third-order valence-corrected chi connectivity index (χ3v) is 5.45. The molecular formula is C19H13N4O6S-. The van der Waals surface area contributed by atoms with Gasteiger partial charge in [0.25, 0.3) is 11.8 Å². The second-order valence-electron chi connectivity index (χ2n) is 6.47. The summed E-state index contributed by atoms with van der Waals surface area (Å²) in [6.45, 7) is 0. The van der Waals surface area contributed by atoms with Crippen molar-refractivity contribution in [1.29, 1.82) is 0 Å². The molecule has 152 valence electrons. The van der Waals surface area contributed by atoms with Crippen molar-refractivity contribution in [3.05, 3.63) is 71.8 Å². The predicted octanol–water partition coefficient (Wildman–Crippen LogP) is 1.10. The van der Waals surface area contributed by atoms with Gasteiger partial charge in [-0.15, -0.1) is 0 Å². The maximum absolute atomic E-state index is 12.6. The average molecular weight is 425 g/mol. The summed E-state index contributed by atoms with van der Waals surface area (Å²) in [6, 6.07) is 11.4. The van der Waals surface area contributed by atoms with E-state index in [4.69, 9.17) is 0 Å². The van der Waals surface area contributed by atoms with Gasteiger partial charge in [-0.05, 0) is 23.3 Å². The average Bonchev–Trinajstić information content (AvgIpc) is 3.00. The molecule has 2 aliphatic rings. The van der Waals surface area contributed by atoms with Gasteiger partial charge in [0, 0.05) is 6.08 Å². The molecule has 2 atom stereocenters. The Morgan fingerprint density at radius 1 is 0.900 bits per heavy atom. The largest absolute Gasteiger partial charge is 0.744 e. The maximum atomic E-state index is 12.6. The number of benzene rings is 2. The van der Waals surface area contributed by atoms with Crippen LogP contribution in [0.25, 0.3) is 4.91 Å². The third-order valence-electron chi connectivity index (χ3n) is 4.57. The summed E-state index contributed by atoms with van der Waals surface area (Å²) >= 11 is 0. The first-order valence-corrected chi connectivity index (χ1v) is 10.1. The van der Waals surface area contributed by atoms with Gasteiger partial charge in [-0.2, -0.15) is 10.2 Å². The van der Waals surface area contributed by atoms with Gasteiger partial charge >= 0.3 is 0 Å². The van der Waals surface area contributed by atoms with Crippen molar-refractivity contribution in [3.8, 4) is 0 Å². The summed E-state index contributed by atoms with van der Waals surface area (Å²) in [5.41, 5.74) is 3.00. The first-order chi connectivity index (χ1) is 14.3. The van der Waals surface area contributed by atoms with Crippen molar-refractivity contribution in [2.24, 2.45) is 10.2 Å². The number of ketones is 1. The Morgan fingerprint density at radius 2 is 1.53 bits per heavy atom. The summed E-state index contributed by atoms with van der Waals surface area (Å²) in [5, 5.41) is 8.66. The van der Waals surface area contributed by atoms with Crippen molar-refractivity contribution >= 4 is 38.3 Å². The fourth-order valence-corrected chi connectivity index (χ4v) is 3.91. The zero-order valence-corrected chi connectivity index (χ0v) is 15.9. The number of nitrogens with zero attached hydrogens (tertiary/aromatic N) is 3. The van der Waals surface area contributed by atoms with E-state index in [1.165, 1.54) is 18.2 Å². The molecule has 0 bridgehead atoms. The number of hydrogen-bond donors (Lipinski definition) is 1. The first-order valence-electron chi connectivity index (χ1n) is 8.67. The summed E-state index contributed by atoms with van der Waals surface area (Å²) in [7, 11) is -4.89. The van der Waals surface area contributed by atoms with Gasteiger partial charge in [0.1, 0.15) is 10.1 Å². The van der Waals surface area contributed by atoms with Gasteiger partial charge < -0.3 is 4.55 Å². The van der Waals surface area contributed by atoms with E-state index in [-0.39, 0.29) is 11.1 Å². The quantitative estimate of drug-likeness (QED) is 0.440. The van der Waals surface area contributed by atoms with Crippen molar-refractivity contribution in [3.63, 3.8) is 0 Å². The van der Waals surface area contributed by atoms with Crippen LogP contribution >= 0.6 is 0 Å². The second-order valence-corrected chi connectivity index (χ2v) is 7.82. The number of hydrogen-bond acceptors (Lipinski definition) is 8. The minimum atomic E-state index is -4.89. The standard InChI is InChI=1S/C19H14N4O6S/c24-14-10-15(30(27,28)29)12-8-4-5-9-13(12)16(14)20-21-17-18(25)22-23(19(17)26)11-6-2-1-3-7-11/h1-10,16-17H,(H,22,25)(H,27,28,29)/p-1. The molecule has 1 aliphatic heterocycles. The van der Waals surface area contributed by atoms with Crippen molar-refractivity contribution in [2.75, 3.05) is 5.01 Å². The number of azo groups is 1. The Labute approximate surface area is 170 Å². The molecule has 2 amide bonds. The van der Waals surface area contributed by atoms with Gasteiger partial charge in [0.05, 0.1) is 10.6 Å². The topological polar surface area (TPSA) is 148 Å². The molecule has 2 unspecified atom stereocenters. The van der Waals surface area contributed by atoms with Crippen LogP contribution < -0.4 is 10.4 Å². The lowest BCUT2D eigenvalue weighted by molar-refractivity contribution is -0.124. The minimum absolute atomic E-state index is 0.0316. The molecule has 0 aromatic heterocycles.